The summed E-state index contributed by atoms with van der Waals surface area (Å²) in [5, 5.41) is 3.46. The molecule has 0 atom stereocenters. The highest BCUT2D eigenvalue weighted by Crippen LogP contribution is 2.23. The van der Waals surface area contributed by atoms with Gasteiger partial charge in [0.15, 0.2) is 0 Å². The molecule has 1 heterocycles. The number of hydrogen-bond donors (Lipinski definition) is 1. The van der Waals surface area contributed by atoms with Crippen LogP contribution >= 0.6 is 34.8 Å². The zero-order valence-corrected chi connectivity index (χ0v) is 16.2. The molecule has 27 heavy (non-hydrogen) atoms. The van der Waals surface area contributed by atoms with Crippen LogP contribution in [0.3, 0.4) is 0 Å². The molecular formula is C16H9Cl3FN3O3S. The molecule has 1 aromatic heterocycles. The SMILES string of the molecule is O=c1c(Cl)c(Cl)cnn1-c1ccc(S(=O)(=O)Nc2ccc(F)c(Cl)c2)cc1. The van der Waals surface area contributed by atoms with Crippen LogP contribution in [-0.4, -0.2) is 18.2 Å². The molecule has 0 aliphatic carbocycles. The number of aromatic nitrogens is 2. The Bertz CT molecular complexity index is 1180. The summed E-state index contributed by atoms with van der Waals surface area (Å²) in [4.78, 5) is 12.0. The van der Waals surface area contributed by atoms with E-state index in [1.54, 1.807) is 0 Å². The number of nitrogens with one attached hydrogen (secondary N) is 1. The Balaban J connectivity index is 1.91. The van der Waals surface area contributed by atoms with Gasteiger partial charge in [-0.1, -0.05) is 34.8 Å². The second-order valence-electron chi connectivity index (χ2n) is 5.25. The van der Waals surface area contributed by atoms with Crippen LogP contribution in [0, 0.1) is 5.82 Å². The predicted octanol–water partition coefficient (Wildman–Crippen LogP) is 4.13. The van der Waals surface area contributed by atoms with Crippen molar-refractivity contribution < 1.29 is 12.8 Å². The zero-order chi connectivity index (χ0) is 19.8. The van der Waals surface area contributed by atoms with Gasteiger partial charge in [0.25, 0.3) is 15.6 Å². The third-order valence-electron chi connectivity index (χ3n) is 3.44. The van der Waals surface area contributed by atoms with E-state index in [4.69, 9.17) is 34.8 Å². The third kappa shape index (κ3) is 4.08. The van der Waals surface area contributed by atoms with Gasteiger partial charge in [-0.05, 0) is 42.5 Å². The summed E-state index contributed by atoms with van der Waals surface area (Å²) < 4.78 is 41.3. The van der Waals surface area contributed by atoms with Gasteiger partial charge in [0, 0.05) is 0 Å². The van der Waals surface area contributed by atoms with Crippen LogP contribution in [0.1, 0.15) is 0 Å². The quantitative estimate of drug-likeness (QED) is 0.651. The van der Waals surface area contributed by atoms with Gasteiger partial charge in [0.05, 0.1) is 32.5 Å². The van der Waals surface area contributed by atoms with Crippen LogP contribution in [0.5, 0.6) is 0 Å². The molecular weight excluding hydrogens is 440 g/mol. The Morgan fingerprint density at radius 1 is 1.00 bits per heavy atom. The predicted molar refractivity (Wildman–Crippen MR) is 102 cm³/mol. The Hall–Kier alpha value is -2.13. The van der Waals surface area contributed by atoms with Crippen LogP contribution in [0.2, 0.25) is 15.1 Å². The lowest BCUT2D eigenvalue weighted by Gasteiger charge is -2.10. The molecule has 3 rings (SSSR count). The summed E-state index contributed by atoms with van der Waals surface area (Å²) in [6, 6.07) is 8.76. The first kappa shape index (κ1) is 19.6. The summed E-state index contributed by atoms with van der Waals surface area (Å²) >= 11 is 17.2. The maximum Gasteiger partial charge on any atom is 0.291 e. The van der Waals surface area contributed by atoms with Gasteiger partial charge in [0.2, 0.25) is 0 Å². The standard InChI is InChI=1S/C16H9Cl3FN3O3S/c17-12-7-9(1-6-14(12)20)22-27(25,26)11-4-2-10(3-5-11)23-16(24)15(19)13(18)8-21-23/h1-8,22H. The van der Waals surface area contributed by atoms with Crippen molar-refractivity contribution in [2.24, 2.45) is 0 Å². The molecule has 0 saturated carbocycles. The fourth-order valence-corrected chi connectivity index (χ4v) is 3.62. The molecule has 0 fully saturated rings. The van der Waals surface area contributed by atoms with Crippen LogP contribution in [0.25, 0.3) is 5.69 Å². The van der Waals surface area contributed by atoms with Crippen molar-refractivity contribution in [1.29, 1.82) is 0 Å². The highest BCUT2D eigenvalue weighted by Gasteiger charge is 2.16. The smallest absolute Gasteiger partial charge is 0.280 e. The number of benzene rings is 2. The Kier molecular flexibility index (Phi) is 5.43. The van der Waals surface area contributed by atoms with E-state index >= 15 is 0 Å². The number of sulfonamides is 1. The van der Waals surface area contributed by atoms with E-state index < -0.39 is 21.4 Å². The summed E-state index contributed by atoms with van der Waals surface area (Å²) in [7, 11) is -3.95. The van der Waals surface area contributed by atoms with Gasteiger partial charge < -0.3 is 0 Å². The largest absolute Gasteiger partial charge is 0.291 e. The van der Waals surface area contributed by atoms with E-state index in [0.717, 1.165) is 16.8 Å². The van der Waals surface area contributed by atoms with Crippen molar-refractivity contribution in [1.82, 2.24) is 9.78 Å². The Morgan fingerprint density at radius 3 is 2.30 bits per heavy atom. The number of rotatable bonds is 4. The minimum atomic E-state index is -3.95. The summed E-state index contributed by atoms with van der Waals surface area (Å²) in [5.41, 5.74) is -0.242. The molecule has 0 spiro atoms. The molecule has 0 bridgehead atoms. The molecule has 0 saturated heterocycles. The molecule has 2 aromatic carbocycles. The first-order chi connectivity index (χ1) is 12.7. The van der Waals surface area contributed by atoms with E-state index in [9.17, 15) is 17.6 Å². The maximum absolute atomic E-state index is 13.2. The lowest BCUT2D eigenvalue weighted by atomic mass is 10.3. The van der Waals surface area contributed by atoms with E-state index in [1.807, 2.05) is 0 Å². The van der Waals surface area contributed by atoms with Crippen molar-refractivity contribution in [3.8, 4) is 5.69 Å². The molecule has 1 N–H and O–H groups in total. The lowest BCUT2D eigenvalue weighted by molar-refractivity contribution is 0.601. The van der Waals surface area contributed by atoms with E-state index in [2.05, 4.69) is 9.82 Å². The first-order valence-corrected chi connectivity index (χ1v) is 9.82. The average molecular weight is 449 g/mol. The third-order valence-corrected chi connectivity index (χ3v) is 5.88. The molecule has 3 aromatic rings. The minimum absolute atomic E-state index is 0.0132. The van der Waals surface area contributed by atoms with E-state index in [-0.39, 0.29) is 25.7 Å². The highest BCUT2D eigenvalue weighted by atomic mass is 35.5. The van der Waals surface area contributed by atoms with Crippen molar-refractivity contribution in [3.63, 3.8) is 0 Å². The van der Waals surface area contributed by atoms with Crippen molar-refractivity contribution in [3.05, 3.63) is 79.9 Å². The fraction of sp³-hybridized carbons (Fsp3) is 0. The molecule has 0 aliphatic heterocycles. The molecule has 0 radical (unpaired) electrons. The van der Waals surface area contributed by atoms with Gasteiger partial charge in [-0.25, -0.2) is 12.8 Å². The van der Waals surface area contributed by atoms with Crippen molar-refractivity contribution >= 4 is 50.5 Å². The molecule has 140 valence electrons. The number of hydrogen-bond acceptors (Lipinski definition) is 4. The number of anilines is 1. The van der Waals surface area contributed by atoms with Crippen LogP contribution < -0.4 is 10.3 Å². The normalized spacial score (nSPS) is 11.4. The molecule has 6 nitrogen and oxygen atoms in total. The highest BCUT2D eigenvalue weighted by molar-refractivity contribution is 7.92. The molecule has 0 unspecified atom stereocenters. The monoisotopic (exact) mass is 447 g/mol. The minimum Gasteiger partial charge on any atom is -0.280 e. The number of nitrogens with zero attached hydrogens (tertiary/aromatic N) is 2. The van der Waals surface area contributed by atoms with E-state index in [1.165, 1.54) is 36.5 Å². The van der Waals surface area contributed by atoms with Gasteiger partial charge in [-0.15, -0.1) is 0 Å². The second-order valence-corrected chi connectivity index (χ2v) is 8.13. The number of halogens is 4. The summed E-state index contributed by atoms with van der Waals surface area (Å²) in [5.74, 6) is -0.663. The van der Waals surface area contributed by atoms with Crippen molar-refractivity contribution in [2.45, 2.75) is 4.90 Å². The molecule has 0 amide bonds. The van der Waals surface area contributed by atoms with Crippen LogP contribution in [0.4, 0.5) is 10.1 Å². The maximum atomic E-state index is 13.2. The Labute approximate surface area is 168 Å². The van der Waals surface area contributed by atoms with Crippen LogP contribution in [-0.2, 0) is 10.0 Å². The summed E-state index contributed by atoms with van der Waals surface area (Å²) in [6.45, 7) is 0. The Morgan fingerprint density at radius 2 is 1.67 bits per heavy atom. The second kappa shape index (κ2) is 7.47. The van der Waals surface area contributed by atoms with Crippen molar-refractivity contribution in [2.75, 3.05) is 4.72 Å². The molecule has 11 heteroatoms. The average Bonchev–Trinajstić information content (AvgIpc) is 2.63. The van der Waals surface area contributed by atoms with Gasteiger partial charge in [0.1, 0.15) is 10.8 Å². The van der Waals surface area contributed by atoms with Crippen LogP contribution in [0.15, 0.2) is 58.4 Å². The fourth-order valence-electron chi connectivity index (χ4n) is 2.14. The van der Waals surface area contributed by atoms with Gasteiger partial charge in [-0.3, -0.25) is 9.52 Å². The van der Waals surface area contributed by atoms with E-state index in [0.29, 0.717) is 5.69 Å². The topological polar surface area (TPSA) is 81.1 Å². The molecule has 0 aliphatic rings. The zero-order valence-electron chi connectivity index (χ0n) is 13.2. The van der Waals surface area contributed by atoms with Gasteiger partial charge in [-0.2, -0.15) is 9.78 Å². The summed E-state index contributed by atoms with van der Waals surface area (Å²) in [6.07, 6.45) is 1.20. The van der Waals surface area contributed by atoms with Gasteiger partial charge >= 0.3 is 0 Å². The lowest BCUT2D eigenvalue weighted by Crippen LogP contribution is -2.21. The first-order valence-electron chi connectivity index (χ1n) is 7.21.